The molecule has 6 heteroatoms. The van der Waals surface area contributed by atoms with Crippen LogP contribution in [0.2, 0.25) is 0 Å². The van der Waals surface area contributed by atoms with Crippen molar-refractivity contribution in [3.63, 3.8) is 0 Å². The van der Waals surface area contributed by atoms with Gasteiger partial charge >= 0.3 is 0 Å². The summed E-state index contributed by atoms with van der Waals surface area (Å²) in [5, 5.41) is 15.4. The van der Waals surface area contributed by atoms with Crippen LogP contribution in [0.4, 0.5) is 11.4 Å². The zero-order valence-electron chi connectivity index (χ0n) is 18.7. The number of thioether (sulfide) groups is 1. The molecule has 0 fully saturated rings. The van der Waals surface area contributed by atoms with Crippen molar-refractivity contribution in [2.75, 3.05) is 10.0 Å². The average molecular weight is 537 g/mol. The second kappa shape index (κ2) is 9.21. The number of hydrazone groups is 2. The summed E-state index contributed by atoms with van der Waals surface area (Å²) < 4.78 is 1.04. The van der Waals surface area contributed by atoms with Crippen LogP contribution in [0.25, 0.3) is 0 Å². The highest BCUT2D eigenvalue weighted by Crippen LogP contribution is 2.48. The van der Waals surface area contributed by atoms with Crippen LogP contribution in [0, 0.1) is 0 Å². The van der Waals surface area contributed by atoms with Gasteiger partial charge in [0.05, 0.1) is 17.1 Å². The van der Waals surface area contributed by atoms with Gasteiger partial charge in [0.25, 0.3) is 0 Å². The van der Waals surface area contributed by atoms with E-state index in [1.807, 2.05) is 66.7 Å². The highest BCUT2D eigenvalue weighted by atomic mass is 79.9. The Morgan fingerprint density at radius 3 is 1.74 bits per heavy atom. The Morgan fingerprint density at radius 1 is 0.600 bits per heavy atom. The maximum Gasteiger partial charge on any atom is 0.227 e. The molecule has 0 bridgehead atoms. The predicted molar refractivity (Wildman–Crippen MR) is 151 cm³/mol. The summed E-state index contributed by atoms with van der Waals surface area (Å²) in [7, 11) is 0. The second-order valence-corrected chi connectivity index (χ2v) is 10.3. The van der Waals surface area contributed by atoms with Gasteiger partial charge in [0, 0.05) is 15.6 Å². The van der Waals surface area contributed by atoms with Crippen LogP contribution in [0.5, 0.6) is 0 Å². The molecule has 0 aliphatic carbocycles. The molecule has 2 aliphatic heterocycles. The second-order valence-electron chi connectivity index (χ2n) is 8.15. The zero-order chi connectivity index (χ0) is 23.7. The van der Waals surface area contributed by atoms with Crippen LogP contribution >= 0.6 is 27.7 Å². The van der Waals surface area contributed by atoms with Crippen LogP contribution in [0.15, 0.2) is 142 Å². The fourth-order valence-electron chi connectivity index (χ4n) is 4.17. The summed E-state index contributed by atoms with van der Waals surface area (Å²) >= 11 is 5.23. The third-order valence-corrected chi connectivity index (χ3v) is 7.69. The monoisotopic (exact) mass is 536 g/mol. The van der Waals surface area contributed by atoms with E-state index in [0.29, 0.717) is 0 Å². The lowest BCUT2D eigenvalue weighted by atomic mass is 10.1. The Labute approximate surface area is 217 Å². The van der Waals surface area contributed by atoms with Crippen LogP contribution < -0.4 is 10.0 Å². The van der Waals surface area contributed by atoms with E-state index in [1.54, 1.807) is 11.8 Å². The molecular weight excluding hydrogens is 516 g/mol. The van der Waals surface area contributed by atoms with Gasteiger partial charge in [0.2, 0.25) is 4.99 Å². The SMILES string of the molecule is Brc1ccc(C2=NN(c3ccccc3)C3(C=C2)SC(c2ccccc2)=NN3c2ccccc2)cc1. The normalized spacial score (nSPS) is 19.1. The van der Waals surface area contributed by atoms with Gasteiger partial charge in [-0.2, -0.15) is 10.2 Å². The minimum Gasteiger partial charge on any atom is -0.224 e. The molecule has 0 radical (unpaired) electrons. The minimum absolute atomic E-state index is 0.702. The third-order valence-electron chi connectivity index (χ3n) is 5.87. The number of benzene rings is 4. The number of hydrogen-bond donors (Lipinski definition) is 0. The van der Waals surface area contributed by atoms with E-state index in [-0.39, 0.29) is 0 Å². The van der Waals surface area contributed by atoms with Crippen LogP contribution in [0.3, 0.4) is 0 Å². The molecule has 0 aromatic heterocycles. The van der Waals surface area contributed by atoms with Gasteiger partial charge in [-0.25, -0.2) is 10.0 Å². The Kier molecular flexibility index (Phi) is 5.76. The van der Waals surface area contributed by atoms with E-state index in [9.17, 15) is 0 Å². The van der Waals surface area contributed by atoms with Crippen molar-refractivity contribution in [3.05, 3.63) is 143 Å². The molecule has 2 aliphatic rings. The zero-order valence-corrected chi connectivity index (χ0v) is 21.1. The van der Waals surface area contributed by atoms with Gasteiger partial charge in [0.15, 0.2) is 0 Å². The first-order chi connectivity index (χ1) is 17.2. The number of hydrogen-bond acceptors (Lipinski definition) is 5. The predicted octanol–water partition coefficient (Wildman–Crippen LogP) is 7.50. The van der Waals surface area contributed by atoms with E-state index in [1.165, 1.54) is 0 Å². The largest absolute Gasteiger partial charge is 0.227 e. The van der Waals surface area contributed by atoms with E-state index in [0.717, 1.165) is 37.7 Å². The van der Waals surface area contributed by atoms with Crippen molar-refractivity contribution >= 4 is 49.8 Å². The average Bonchev–Trinajstić information content (AvgIpc) is 3.31. The number of halogens is 1. The molecule has 6 rings (SSSR count). The fraction of sp³-hybridized carbons (Fsp3) is 0.0345. The molecule has 1 unspecified atom stereocenters. The highest BCUT2D eigenvalue weighted by Gasteiger charge is 2.50. The molecule has 1 atom stereocenters. The number of nitrogens with zero attached hydrogens (tertiary/aromatic N) is 4. The quantitative estimate of drug-likeness (QED) is 0.270. The van der Waals surface area contributed by atoms with E-state index < -0.39 is 4.99 Å². The van der Waals surface area contributed by atoms with Crippen molar-refractivity contribution in [2.24, 2.45) is 10.2 Å². The van der Waals surface area contributed by atoms with Gasteiger partial charge in [-0.1, -0.05) is 94.8 Å². The Bertz CT molecular complexity index is 1420. The summed E-state index contributed by atoms with van der Waals surface area (Å²) in [4.78, 5) is -0.702. The first-order valence-electron chi connectivity index (χ1n) is 11.3. The molecule has 0 saturated carbocycles. The third kappa shape index (κ3) is 4.09. The van der Waals surface area contributed by atoms with Gasteiger partial charge in [0.1, 0.15) is 5.04 Å². The molecule has 4 nitrogen and oxygen atoms in total. The molecule has 0 saturated heterocycles. The van der Waals surface area contributed by atoms with Crippen molar-refractivity contribution in [1.29, 1.82) is 0 Å². The molecule has 35 heavy (non-hydrogen) atoms. The van der Waals surface area contributed by atoms with Crippen molar-refractivity contribution in [3.8, 4) is 0 Å². The topological polar surface area (TPSA) is 31.2 Å². The molecule has 170 valence electrons. The molecule has 4 aromatic carbocycles. The van der Waals surface area contributed by atoms with Gasteiger partial charge in [-0.05, 0) is 60.3 Å². The summed E-state index contributed by atoms with van der Waals surface area (Å²) in [6.45, 7) is 0. The highest BCUT2D eigenvalue weighted by molar-refractivity contribution is 9.10. The lowest BCUT2D eigenvalue weighted by molar-refractivity contribution is 0.624. The number of anilines is 2. The van der Waals surface area contributed by atoms with E-state index >= 15 is 0 Å². The van der Waals surface area contributed by atoms with Gasteiger partial charge in [-0.15, -0.1) is 0 Å². The van der Waals surface area contributed by atoms with Gasteiger partial charge in [-0.3, -0.25) is 0 Å². The van der Waals surface area contributed by atoms with Gasteiger partial charge < -0.3 is 0 Å². The Morgan fingerprint density at radius 2 is 1.14 bits per heavy atom. The molecule has 2 heterocycles. The van der Waals surface area contributed by atoms with Crippen molar-refractivity contribution < 1.29 is 0 Å². The molecule has 0 amide bonds. The smallest absolute Gasteiger partial charge is 0.224 e. The molecule has 4 aromatic rings. The maximum atomic E-state index is 5.20. The summed E-state index contributed by atoms with van der Waals surface area (Å²) in [5.74, 6) is 0. The first kappa shape index (κ1) is 21.9. The first-order valence-corrected chi connectivity index (χ1v) is 12.9. The summed E-state index contributed by atoms with van der Waals surface area (Å²) in [6, 6.07) is 39.1. The van der Waals surface area contributed by atoms with Crippen molar-refractivity contribution in [1.82, 2.24) is 0 Å². The summed E-state index contributed by atoms with van der Waals surface area (Å²) in [5.41, 5.74) is 5.02. The van der Waals surface area contributed by atoms with Crippen LogP contribution in [-0.2, 0) is 0 Å². The molecule has 1 spiro atoms. The maximum absolute atomic E-state index is 5.20. The fourth-order valence-corrected chi connectivity index (χ4v) is 5.70. The number of allylic oxidation sites excluding steroid dienone is 1. The minimum atomic E-state index is -0.702. The van der Waals surface area contributed by atoms with Crippen LogP contribution in [0.1, 0.15) is 11.1 Å². The summed E-state index contributed by atoms with van der Waals surface area (Å²) in [6.07, 6.45) is 4.32. The molecule has 0 N–H and O–H groups in total. The van der Waals surface area contributed by atoms with Crippen LogP contribution in [-0.4, -0.2) is 15.8 Å². The Balaban J connectivity index is 1.51. The van der Waals surface area contributed by atoms with Crippen molar-refractivity contribution in [2.45, 2.75) is 4.99 Å². The Hall–Kier alpha value is -3.61. The van der Waals surface area contributed by atoms with E-state index in [2.05, 4.69) is 86.6 Å². The number of para-hydroxylation sites is 2. The lowest BCUT2D eigenvalue weighted by Gasteiger charge is -2.43. The molecular formula is C29H21BrN4S. The van der Waals surface area contributed by atoms with E-state index in [4.69, 9.17) is 10.2 Å². The lowest BCUT2D eigenvalue weighted by Crippen LogP contribution is -2.53. The standard InChI is InChI=1S/C29H21BrN4S/c30-24-18-16-22(17-19-24)27-20-21-29(33(31-27)25-12-6-2-7-13-25)34(26-14-8-3-9-15-26)32-28(35-29)23-10-4-1-5-11-23/h1-21H. The number of rotatable bonds is 4.